The minimum absolute atomic E-state index is 0.309. The summed E-state index contributed by atoms with van der Waals surface area (Å²) in [5, 5.41) is 13.5. The molecule has 5 nitrogen and oxygen atoms in total. The number of phenols is 1. The first-order chi connectivity index (χ1) is 6.29. The number of aromatic hydroxyl groups is 1. The molecule has 1 aromatic rings. The molecular weight excluding hydrogens is 235 g/mol. The molecule has 78 valence electrons. The molecule has 14 heavy (non-hydrogen) atoms. The summed E-state index contributed by atoms with van der Waals surface area (Å²) in [6.45, 7) is 0. The monoisotopic (exact) mass is 240 g/mol. The minimum Gasteiger partial charge on any atom is -0.504 e. The van der Waals surface area contributed by atoms with Crippen molar-refractivity contribution < 1.29 is 17.9 Å². The Morgan fingerprint density at radius 1 is 1.50 bits per heavy atom. The topological polar surface area (TPSA) is 92.4 Å². The molecule has 0 bridgehead atoms. The van der Waals surface area contributed by atoms with Crippen LogP contribution in [0.5, 0.6) is 5.75 Å². The molecule has 0 radical (unpaired) electrons. The lowest BCUT2D eigenvalue weighted by Crippen LogP contribution is -2.21. The van der Waals surface area contributed by atoms with Gasteiger partial charge in [-0.05, 0) is 6.07 Å². The molecule has 0 aliphatic heterocycles. The van der Waals surface area contributed by atoms with Gasteiger partial charge in [-0.1, -0.05) is 11.6 Å². The molecule has 4 N–H and O–H groups in total. The van der Waals surface area contributed by atoms with Crippen molar-refractivity contribution in [2.45, 2.75) is 0 Å². The maximum absolute atomic E-state index is 12.7. The third kappa shape index (κ3) is 2.72. The lowest BCUT2D eigenvalue weighted by Gasteiger charge is -2.07. The van der Waals surface area contributed by atoms with E-state index in [1.54, 1.807) is 4.72 Å². The van der Waals surface area contributed by atoms with Crippen LogP contribution in [-0.2, 0) is 10.2 Å². The number of phenolic OH excluding ortho intramolecular Hbond substituents is 1. The van der Waals surface area contributed by atoms with Gasteiger partial charge < -0.3 is 5.11 Å². The van der Waals surface area contributed by atoms with Crippen LogP contribution in [0.25, 0.3) is 0 Å². The van der Waals surface area contributed by atoms with Crippen molar-refractivity contribution >= 4 is 27.5 Å². The smallest absolute Gasteiger partial charge is 0.296 e. The number of nitrogens with two attached hydrogens (primary N) is 1. The van der Waals surface area contributed by atoms with Gasteiger partial charge in [-0.3, -0.25) is 4.72 Å². The van der Waals surface area contributed by atoms with Crippen LogP contribution in [-0.4, -0.2) is 13.5 Å². The van der Waals surface area contributed by atoms with Gasteiger partial charge in [0.25, 0.3) is 10.2 Å². The maximum atomic E-state index is 12.7. The van der Waals surface area contributed by atoms with Crippen molar-refractivity contribution in [3.8, 4) is 5.75 Å². The molecule has 0 unspecified atom stereocenters. The van der Waals surface area contributed by atoms with Crippen molar-refractivity contribution in [3.05, 3.63) is 23.0 Å². The highest BCUT2D eigenvalue weighted by atomic mass is 35.5. The number of nitrogens with one attached hydrogen (secondary N) is 1. The first kappa shape index (κ1) is 11.0. The molecule has 0 fully saturated rings. The predicted octanol–water partition coefficient (Wildman–Crippen LogP) is 0.800. The van der Waals surface area contributed by atoms with Crippen LogP contribution in [0, 0.1) is 5.82 Å². The third-order valence-electron chi connectivity index (χ3n) is 1.28. The van der Waals surface area contributed by atoms with Gasteiger partial charge >= 0.3 is 0 Å². The van der Waals surface area contributed by atoms with E-state index < -0.39 is 27.5 Å². The molecule has 0 heterocycles. The van der Waals surface area contributed by atoms with Gasteiger partial charge in [-0.25, -0.2) is 9.53 Å². The van der Waals surface area contributed by atoms with Crippen LogP contribution in [0.1, 0.15) is 0 Å². The van der Waals surface area contributed by atoms with E-state index in [9.17, 15) is 17.9 Å². The quantitative estimate of drug-likeness (QED) is 0.668. The molecular formula is C6H6ClFN2O3S. The molecule has 1 rings (SSSR count). The Hall–Kier alpha value is -1.05. The van der Waals surface area contributed by atoms with Crippen LogP contribution in [0.4, 0.5) is 10.1 Å². The Kier molecular flexibility index (Phi) is 2.84. The fraction of sp³-hybridized carbons (Fsp3) is 0. The third-order valence-corrected chi connectivity index (χ3v) is 2.07. The van der Waals surface area contributed by atoms with E-state index in [0.29, 0.717) is 0 Å². The predicted molar refractivity (Wildman–Crippen MR) is 49.8 cm³/mol. The summed E-state index contributed by atoms with van der Waals surface area (Å²) in [6.07, 6.45) is 0. The van der Waals surface area contributed by atoms with Gasteiger partial charge in [0, 0.05) is 6.07 Å². The molecule has 0 spiro atoms. The Bertz CT molecular complexity index is 462. The highest BCUT2D eigenvalue weighted by Crippen LogP contribution is 2.32. The molecule has 0 saturated carbocycles. The van der Waals surface area contributed by atoms with Crippen molar-refractivity contribution in [3.63, 3.8) is 0 Å². The van der Waals surface area contributed by atoms with Crippen molar-refractivity contribution in [2.75, 3.05) is 4.72 Å². The van der Waals surface area contributed by atoms with E-state index in [2.05, 4.69) is 5.14 Å². The van der Waals surface area contributed by atoms with Crippen LogP contribution >= 0.6 is 11.6 Å². The van der Waals surface area contributed by atoms with E-state index in [0.717, 1.165) is 12.1 Å². The van der Waals surface area contributed by atoms with Crippen LogP contribution < -0.4 is 9.86 Å². The van der Waals surface area contributed by atoms with E-state index in [-0.39, 0.29) is 5.02 Å². The summed E-state index contributed by atoms with van der Waals surface area (Å²) in [5.41, 5.74) is -0.405. The summed E-state index contributed by atoms with van der Waals surface area (Å²) < 4.78 is 35.5. The van der Waals surface area contributed by atoms with Crippen molar-refractivity contribution in [2.24, 2.45) is 5.14 Å². The fourth-order valence-electron chi connectivity index (χ4n) is 0.797. The minimum atomic E-state index is -4.07. The van der Waals surface area contributed by atoms with E-state index in [1.807, 2.05) is 0 Å². The van der Waals surface area contributed by atoms with Crippen LogP contribution in [0.3, 0.4) is 0 Å². The summed E-state index contributed by atoms with van der Waals surface area (Å²) in [5.74, 6) is -1.37. The van der Waals surface area contributed by atoms with Crippen molar-refractivity contribution in [1.82, 2.24) is 0 Å². The van der Waals surface area contributed by atoms with E-state index in [1.165, 1.54) is 0 Å². The fourth-order valence-corrected chi connectivity index (χ4v) is 1.47. The largest absolute Gasteiger partial charge is 0.504 e. The zero-order valence-electron chi connectivity index (χ0n) is 6.66. The van der Waals surface area contributed by atoms with Crippen LogP contribution in [0.2, 0.25) is 5.02 Å². The van der Waals surface area contributed by atoms with Gasteiger partial charge in [0.2, 0.25) is 0 Å². The zero-order chi connectivity index (χ0) is 10.9. The number of hydrogen-bond acceptors (Lipinski definition) is 3. The normalized spacial score (nSPS) is 11.4. The molecule has 0 aliphatic rings. The van der Waals surface area contributed by atoms with Gasteiger partial charge in [0.1, 0.15) is 5.82 Å². The van der Waals surface area contributed by atoms with Gasteiger partial charge in [0.15, 0.2) is 5.75 Å². The lowest BCUT2D eigenvalue weighted by atomic mass is 10.3. The Balaban J connectivity index is 3.22. The molecule has 0 aliphatic carbocycles. The number of rotatable bonds is 2. The highest BCUT2D eigenvalue weighted by molar-refractivity contribution is 7.90. The molecule has 0 amide bonds. The lowest BCUT2D eigenvalue weighted by molar-refractivity contribution is 0.476. The summed E-state index contributed by atoms with van der Waals surface area (Å²) in [6, 6.07) is 1.59. The van der Waals surface area contributed by atoms with Gasteiger partial charge in [-0.15, -0.1) is 0 Å². The summed E-state index contributed by atoms with van der Waals surface area (Å²) >= 11 is 5.38. The van der Waals surface area contributed by atoms with Gasteiger partial charge in [0.05, 0.1) is 10.7 Å². The highest BCUT2D eigenvalue weighted by Gasteiger charge is 2.12. The average Bonchev–Trinajstić information content (AvgIpc) is 1.96. The second kappa shape index (κ2) is 3.60. The number of halogens is 2. The van der Waals surface area contributed by atoms with E-state index in [4.69, 9.17) is 11.6 Å². The maximum Gasteiger partial charge on any atom is 0.296 e. The summed E-state index contributed by atoms with van der Waals surface area (Å²) in [4.78, 5) is 0. The first-order valence-electron chi connectivity index (χ1n) is 3.28. The van der Waals surface area contributed by atoms with Crippen LogP contribution in [0.15, 0.2) is 12.1 Å². The Morgan fingerprint density at radius 2 is 2.07 bits per heavy atom. The Morgan fingerprint density at radius 3 is 2.57 bits per heavy atom. The SMILES string of the molecule is NS(=O)(=O)Nc1cc(F)cc(Cl)c1O. The molecule has 8 heteroatoms. The number of anilines is 1. The molecule has 1 aromatic carbocycles. The molecule has 0 saturated heterocycles. The number of benzene rings is 1. The standard InChI is InChI=1S/C6H6ClFN2O3S/c7-4-1-3(8)2-5(6(4)11)10-14(9,12)13/h1-2,10-11H,(H2,9,12,13). The first-order valence-corrected chi connectivity index (χ1v) is 5.20. The average molecular weight is 241 g/mol. The Labute approximate surface area is 84.5 Å². The second-order valence-corrected chi connectivity index (χ2v) is 4.13. The van der Waals surface area contributed by atoms with Gasteiger partial charge in [-0.2, -0.15) is 8.42 Å². The summed E-state index contributed by atoms with van der Waals surface area (Å²) in [7, 11) is -4.07. The second-order valence-electron chi connectivity index (χ2n) is 2.43. The zero-order valence-corrected chi connectivity index (χ0v) is 8.23. The van der Waals surface area contributed by atoms with Crippen molar-refractivity contribution in [1.29, 1.82) is 0 Å². The number of hydrogen-bond donors (Lipinski definition) is 3. The molecule has 0 aromatic heterocycles. The molecule has 0 atom stereocenters. The van der Waals surface area contributed by atoms with E-state index >= 15 is 0 Å².